The molecule has 5 heteroatoms. The van der Waals surface area contributed by atoms with Gasteiger partial charge in [-0.05, 0) is 31.0 Å². The van der Waals surface area contributed by atoms with E-state index in [1.807, 2.05) is 18.2 Å². The molecular weight excluding hydrogens is 284 g/mol. The molecule has 17 heavy (non-hydrogen) atoms. The second-order valence-corrected chi connectivity index (χ2v) is 4.93. The average molecular weight is 299 g/mol. The van der Waals surface area contributed by atoms with Crippen molar-refractivity contribution >= 4 is 33.2 Å². The second-order valence-electron chi connectivity index (χ2n) is 4.01. The van der Waals surface area contributed by atoms with Gasteiger partial charge in [-0.3, -0.25) is 4.79 Å². The van der Waals surface area contributed by atoms with Crippen LogP contribution in [0.2, 0.25) is 0 Å². The van der Waals surface area contributed by atoms with E-state index in [2.05, 4.69) is 26.6 Å². The van der Waals surface area contributed by atoms with Gasteiger partial charge < -0.3 is 15.4 Å². The lowest BCUT2D eigenvalue weighted by Gasteiger charge is -2.26. The maximum Gasteiger partial charge on any atom is 0.246 e. The highest BCUT2D eigenvalue weighted by Crippen LogP contribution is 2.30. The largest absolute Gasteiger partial charge is 0.385 e. The highest BCUT2D eigenvalue weighted by atomic mass is 79.9. The molecule has 1 aromatic carbocycles. The number of amides is 1. The molecule has 0 bridgehead atoms. The molecule has 1 aliphatic heterocycles. The van der Waals surface area contributed by atoms with Gasteiger partial charge in [0.15, 0.2) is 0 Å². The molecule has 0 aromatic heterocycles. The molecule has 4 nitrogen and oxygen atoms in total. The van der Waals surface area contributed by atoms with Crippen molar-refractivity contribution in [2.45, 2.75) is 18.9 Å². The van der Waals surface area contributed by atoms with Gasteiger partial charge in [0.25, 0.3) is 0 Å². The van der Waals surface area contributed by atoms with Gasteiger partial charge in [-0.2, -0.15) is 0 Å². The van der Waals surface area contributed by atoms with E-state index in [-0.39, 0.29) is 11.9 Å². The fourth-order valence-electron chi connectivity index (χ4n) is 1.85. The normalized spacial score (nSPS) is 18.2. The van der Waals surface area contributed by atoms with Crippen LogP contribution in [0.3, 0.4) is 0 Å². The maximum absolute atomic E-state index is 11.8. The van der Waals surface area contributed by atoms with Gasteiger partial charge >= 0.3 is 0 Å². The zero-order valence-corrected chi connectivity index (χ0v) is 11.2. The Kier molecular flexibility index (Phi) is 4.02. The van der Waals surface area contributed by atoms with Gasteiger partial charge in [-0.15, -0.1) is 0 Å². The van der Waals surface area contributed by atoms with Gasteiger partial charge in [0.05, 0.1) is 11.4 Å². The number of anilines is 2. The number of carbonyl (C=O) groups is 1. The van der Waals surface area contributed by atoms with Crippen LogP contribution in [0.4, 0.5) is 11.4 Å². The number of halogens is 1. The van der Waals surface area contributed by atoms with E-state index in [0.29, 0.717) is 6.61 Å². The first-order chi connectivity index (χ1) is 8.20. The molecule has 0 spiro atoms. The number of hydrogen-bond acceptors (Lipinski definition) is 3. The van der Waals surface area contributed by atoms with E-state index in [0.717, 1.165) is 28.7 Å². The van der Waals surface area contributed by atoms with Crippen molar-refractivity contribution in [3.63, 3.8) is 0 Å². The summed E-state index contributed by atoms with van der Waals surface area (Å²) in [6, 6.07) is 5.64. The Morgan fingerprint density at radius 1 is 1.41 bits per heavy atom. The standard InChI is InChI=1S/C12H15BrN2O2/c1-17-6-2-3-10-12(16)15-11-7-8(13)4-5-9(11)14-10/h4-5,7,10,14H,2-3,6H2,1H3,(H,15,16). The van der Waals surface area contributed by atoms with Gasteiger partial charge in [-0.1, -0.05) is 15.9 Å². The number of nitrogens with one attached hydrogen (secondary N) is 2. The Labute approximate surface area is 109 Å². The molecule has 2 N–H and O–H groups in total. The summed E-state index contributed by atoms with van der Waals surface area (Å²) in [5.41, 5.74) is 1.79. The summed E-state index contributed by atoms with van der Waals surface area (Å²) in [5.74, 6) is 0.0201. The quantitative estimate of drug-likeness (QED) is 0.840. The fraction of sp³-hybridized carbons (Fsp3) is 0.417. The number of rotatable bonds is 4. The Hall–Kier alpha value is -1.07. The first-order valence-corrected chi connectivity index (χ1v) is 6.36. The third-order valence-corrected chi connectivity index (χ3v) is 3.22. The van der Waals surface area contributed by atoms with Crippen LogP contribution < -0.4 is 10.6 Å². The van der Waals surface area contributed by atoms with Crippen LogP contribution in [0.5, 0.6) is 0 Å². The predicted molar refractivity (Wildman–Crippen MR) is 71.3 cm³/mol. The average Bonchev–Trinajstić information content (AvgIpc) is 2.30. The van der Waals surface area contributed by atoms with Crippen molar-refractivity contribution in [3.8, 4) is 0 Å². The van der Waals surface area contributed by atoms with E-state index >= 15 is 0 Å². The molecule has 0 aliphatic carbocycles. The first kappa shape index (κ1) is 12.4. The molecule has 1 heterocycles. The van der Waals surface area contributed by atoms with Crippen LogP contribution in [0, 0.1) is 0 Å². The molecule has 0 radical (unpaired) electrons. The number of benzene rings is 1. The zero-order chi connectivity index (χ0) is 12.3. The van der Waals surface area contributed by atoms with E-state index in [4.69, 9.17) is 4.74 Å². The minimum absolute atomic E-state index is 0.0201. The smallest absolute Gasteiger partial charge is 0.246 e. The summed E-state index contributed by atoms with van der Waals surface area (Å²) in [4.78, 5) is 11.8. The third kappa shape index (κ3) is 2.98. The number of ether oxygens (including phenoxy) is 1. The monoisotopic (exact) mass is 298 g/mol. The number of carbonyl (C=O) groups excluding carboxylic acids is 1. The highest BCUT2D eigenvalue weighted by Gasteiger charge is 2.24. The van der Waals surface area contributed by atoms with E-state index < -0.39 is 0 Å². The molecule has 1 unspecified atom stereocenters. The molecule has 0 saturated carbocycles. The fourth-order valence-corrected chi connectivity index (χ4v) is 2.21. The van der Waals surface area contributed by atoms with E-state index in [9.17, 15) is 4.79 Å². The zero-order valence-electron chi connectivity index (χ0n) is 9.63. The van der Waals surface area contributed by atoms with Crippen molar-refractivity contribution in [2.24, 2.45) is 0 Å². The summed E-state index contributed by atoms with van der Waals surface area (Å²) in [6.07, 6.45) is 1.64. The van der Waals surface area contributed by atoms with Crippen molar-refractivity contribution in [1.82, 2.24) is 0 Å². The Morgan fingerprint density at radius 3 is 3.00 bits per heavy atom. The molecular formula is C12H15BrN2O2. The first-order valence-electron chi connectivity index (χ1n) is 5.56. The minimum Gasteiger partial charge on any atom is -0.385 e. The van der Waals surface area contributed by atoms with Gasteiger partial charge in [0.1, 0.15) is 6.04 Å². The summed E-state index contributed by atoms with van der Waals surface area (Å²) in [6.45, 7) is 0.679. The number of fused-ring (bicyclic) bond motifs is 1. The van der Waals surface area contributed by atoms with Crippen LogP contribution in [-0.4, -0.2) is 25.7 Å². The van der Waals surface area contributed by atoms with Crippen LogP contribution in [-0.2, 0) is 9.53 Å². The van der Waals surface area contributed by atoms with Gasteiger partial charge in [0, 0.05) is 18.2 Å². The minimum atomic E-state index is -0.168. The molecule has 92 valence electrons. The molecule has 0 saturated heterocycles. The van der Waals surface area contributed by atoms with E-state index in [1.165, 1.54) is 0 Å². The Morgan fingerprint density at radius 2 is 2.24 bits per heavy atom. The molecule has 0 fully saturated rings. The lowest BCUT2D eigenvalue weighted by Crippen LogP contribution is -2.38. The SMILES string of the molecule is COCCCC1Nc2ccc(Br)cc2NC1=O. The molecule has 1 aromatic rings. The summed E-state index contributed by atoms with van der Waals surface area (Å²) in [5, 5.41) is 6.15. The van der Waals surface area contributed by atoms with Crippen LogP contribution in [0.15, 0.2) is 22.7 Å². The van der Waals surface area contributed by atoms with E-state index in [1.54, 1.807) is 7.11 Å². The number of methoxy groups -OCH3 is 1. The molecule has 2 rings (SSSR count). The maximum atomic E-state index is 11.8. The van der Waals surface area contributed by atoms with Crippen molar-refractivity contribution in [3.05, 3.63) is 22.7 Å². The topological polar surface area (TPSA) is 50.4 Å². The lowest BCUT2D eigenvalue weighted by atomic mass is 10.1. The lowest BCUT2D eigenvalue weighted by molar-refractivity contribution is -0.117. The predicted octanol–water partition coefficient (Wildman–Crippen LogP) is 2.61. The summed E-state index contributed by atoms with van der Waals surface area (Å²) in [7, 11) is 1.67. The molecule has 1 aliphatic rings. The van der Waals surface area contributed by atoms with Gasteiger partial charge in [-0.25, -0.2) is 0 Å². The molecule has 1 atom stereocenters. The van der Waals surface area contributed by atoms with Crippen molar-refractivity contribution in [1.29, 1.82) is 0 Å². The Bertz CT molecular complexity index is 423. The Balaban J connectivity index is 2.05. The second kappa shape index (κ2) is 5.51. The van der Waals surface area contributed by atoms with Crippen LogP contribution in [0.25, 0.3) is 0 Å². The molecule has 1 amide bonds. The number of hydrogen-bond donors (Lipinski definition) is 2. The summed E-state index contributed by atoms with van der Waals surface area (Å²) < 4.78 is 5.94. The highest BCUT2D eigenvalue weighted by molar-refractivity contribution is 9.10. The summed E-state index contributed by atoms with van der Waals surface area (Å²) >= 11 is 3.38. The third-order valence-electron chi connectivity index (χ3n) is 2.73. The van der Waals surface area contributed by atoms with Crippen molar-refractivity contribution in [2.75, 3.05) is 24.4 Å². The van der Waals surface area contributed by atoms with Crippen molar-refractivity contribution < 1.29 is 9.53 Å². The van der Waals surface area contributed by atoms with Gasteiger partial charge in [0.2, 0.25) is 5.91 Å². The van der Waals surface area contributed by atoms with Crippen LogP contribution in [0.1, 0.15) is 12.8 Å². The van der Waals surface area contributed by atoms with Crippen LogP contribution >= 0.6 is 15.9 Å².